The number of rotatable bonds is 5. The van der Waals surface area contributed by atoms with Crippen LogP contribution in [0.1, 0.15) is 23.3 Å². The van der Waals surface area contributed by atoms with Gasteiger partial charge in [-0.1, -0.05) is 6.07 Å². The third-order valence-corrected chi connectivity index (χ3v) is 7.06. The van der Waals surface area contributed by atoms with Crippen molar-refractivity contribution < 1.29 is 21.6 Å². The molecule has 0 aliphatic carbocycles. The molecule has 0 saturated carbocycles. The van der Waals surface area contributed by atoms with Gasteiger partial charge < -0.3 is 0 Å². The van der Waals surface area contributed by atoms with Crippen molar-refractivity contribution in [2.75, 3.05) is 13.1 Å². The van der Waals surface area contributed by atoms with E-state index in [1.54, 1.807) is 0 Å². The average molecular weight is 396 g/mol. The van der Waals surface area contributed by atoms with Crippen molar-refractivity contribution in [2.45, 2.75) is 22.6 Å². The molecule has 1 aliphatic rings. The van der Waals surface area contributed by atoms with Crippen LogP contribution in [0.5, 0.6) is 0 Å². The Morgan fingerprint density at radius 1 is 1.04 bits per heavy atom. The molecule has 0 unspecified atom stereocenters. The SMILES string of the molecule is O=C(NS(=O)(=O)c1cccc(S(=O)(=O)N2CCCC2)c1)c1cnccn1. The highest BCUT2D eigenvalue weighted by Gasteiger charge is 2.29. The second-order valence-corrected chi connectivity index (χ2v) is 9.23. The van der Waals surface area contributed by atoms with Crippen molar-refractivity contribution in [3.63, 3.8) is 0 Å². The fraction of sp³-hybridized carbons (Fsp3) is 0.267. The summed E-state index contributed by atoms with van der Waals surface area (Å²) in [6.07, 6.45) is 5.26. The Kier molecular flexibility index (Phi) is 5.03. The predicted octanol–water partition coefficient (Wildman–Crippen LogP) is 0.380. The van der Waals surface area contributed by atoms with Crippen LogP contribution in [-0.2, 0) is 20.0 Å². The van der Waals surface area contributed by atoms with Gasteiger partial charge in [0.05, 0.1) is 16.0 Å². The van der Waals surface area contributed by atoms with Crippen LogP contribution in [0.3, 0.4) is 0 Å². The summed E-state index contributed by atoms with van der Waals surface area (Å²) in [5.74, 6) is -0.953. The topological polar surface area (TPSA) is 126 Å². The van der Waals surface area contributed by atoms with E-state index in [0.717, 1.165) is 25.1 Å². The second-order valence-electron chi connectivity index (χ2n) is 5.61. The van der Waals surface area contributed by atoms with Crippen LogP contribution in [0, 0.1) is 0 Å². The van der Waals surface area contributed by atoms with E-state index >= 15 is 0 Å². The molecular weight excluding hydrogens is 380 g/mol. The number of hydrogen-bond donors (Lipinski definition) is 1. The van der Waals surface area contributed by atoms with Gasteiger partial charge in [0.2, 0.25) is 10.0 Å². The van der Waals surface area contributed by atoms with Crippen LogP contribution in [0.25, 0.3) is 0 Å². The number of hydrogen-bond acceptors (Lipinski definition) is 7. The number of carbonyl (C=O) groups excluding carboxylic acids is 1. The van der Waals surface area contributed by atoms with Gasteiger partial charge in [-0.15, -0.1) is 0 Å². The summed E-state index contributed by atoms with van der Waals surface area (Å²) < 4.78 is 53.2. The number of amides is 1. The summed E-state index contributed by atoms with van der Waals surface area (Å²) >= 11 is 0. The van der Waals surface area contributed by atoms with Crippen LogP contribution in [0.4, 0.5) is 0 Å². The Labute approximate surface area is 151 Å². The molecule has 138 valence electrons. The molecule has 1 aromatic carbocycles. The number of nitrogens with zero attached hydrogens (tertiary/aromatic N) is 3. The zero-order valence-corrected chi connectivity index (χ0v) is 15.2. The maximum atomic E-state index is 12.6. The van der Waals surface area contributed by atoms with Gasteiger partial charge in [0.1, 0.15) is 5.69 Å². The van der Waals surface area contributed by atoms with E-state index in [9.17, 15) is 21.6 Å². The normalized spacial score (nSPS) is 15.7. The first-order valence-corrected chi connectivity index (χ1v) is 10.7. The molecule has 0 spiro atoms. The Morgan fingerprint density at radius 2 is 1.73 bits per heavy atom. The highest BCUT2D eigenvalue weighted by atomic mass is 32.2. The predicted molar refractivity (Wildman–Crippen MR) is 91.1 cm³/mol. The van der Waals surface area contributed by atoms with Gasteiger partial charge in [-0.2, -0.15) is 4.31 Å². The highest BCUT2D eigenvalue weighted by Crippen LogP contribution is 2.23. The lowest BCUT2D eigenvalue weighted by Gasteiger charge is -2.16. The van der Waals surface area contributed by atoms with Crippen molar-refractivity contribution in [1.29, 1.82) is 0 Å². The molecule has 1 fully saturated rings. The first kappa shape index (κ1) is 18.4. The number of sulfonamides is 2. The van der Waals surface area contributed by atoms with Gasteiger partial charge in [-0.05, 0) is 31.0 Å². The second kappa shape index (κ2) is 7.09. The fourth-order valence-electron chi connectivity index (χ4n) is 2.53. The molecule has 1 N–H and O–H groups in total. The van der Waals surface area contributed by atoms with Crippen molar-refractivity contribution in [2.24, 2.45) is 0 Å². The monoisotopic (exact) mass is 396 g/mol. The van der Waals surface area contributed by atoms with E-state index in [2.05, 4.69) is 9.97 Å². The van der Waals surface area contributed by atoms with E-state index < -0.39 is 26.0 Å². The van der Waals surface area contributed by atoms with Gasteiger partial charge in [-0.3, -0.25) is 9.78 Å². The van der Waals surface area contributed by atoms with Gasteiger partial charge in [0.15, 0.2) is 0 Å². The van der Waals surface area contributed by atoms with E-state index in [1.807, 2.05) is 4.72 Å². The Hall–Kier alpha value is -2.37. The number of benzene rings is 1. The van der Waals surface area contributed by atoms with Gasteiger partial charge >= 0.3 is 0 Å². The Bertz CT molecular complexity index is 1020. The summed E-state index contributed by atoms with van der Waals surface area (Å²) in [4.78, 5) is 19.0. The minimum Gasteiger partial charge on any atom is -0.266 e. The molecule has 1 aromatic heterocycles. The van der Waals surface area contributed by atoms with E-state index in [4.69, 9.17) is 0 Å². The molecular formula is C15H16N4O5S2. The molecule has 1 saturated heterocycles. The Balaban J connectivity index is 1.88. The van der Waals surface area contributed by atoms with E-state index in [1.165, 1.54) is 34.9 Å². The first-order valence-electron chi connectivity index (χ1n) is 7.74. The van der Waals surface area contributed by atoms with Gasteiger partial charge in [0, 0.05) is 25.5 Å². The van der Waals surface area contributed by atoms with Crippen molar-refractivity contribution in [1.82, 2.24) is 19.0 Å². The van der Waals surface area contributed by atoms with Crippen LogP contribution in [0.2, 0.25) is 0 Å². The average Bonchev–Trinajstić information content (AvgIpc) is 3.18. The lowest BCUT2D eigenvalue weighted by molar-refractivity contribution is 0.0976. The smallest absolute Gasteiger partial charge is 0.266 e. The third kappa shape index (κ3) is 3.74. The summed E-state index contributed by atoms with van der Waals surface area (Å²) in [5, 5.41) is 0. The maximum absolute atomic E-state index is 12.6. The van der Waals surface area contributed by atoms with Crippen molar-refractivity contribution in [3.8, 4) is 0 Å². The van der Waals surface area contributed by atoms with Crippen LogP contribution in [-0.4, -0.2) is 50.1 Å². The standard InChI is InChI=1S/C15H16N4O5S2/c20-15(14-11-16-6-7-17-14)18-25(21,22)12-4-3-5-13(10-12)26(23,24)19-8-1-2-9-19/h3-7,10-11H,1-2,8-9H2,(H,18,20). The molecule has 1 amide bonds. The summed E-state index contributed by atoms with van der Waals surface area (Å²) in [6, 6.07) is 4.91. The maximum Gasteiger partial charge on any atom is 0.285 e. The molecule has 3 rings (SSSR count). The van der Waals surface area contributed by atoms with E-state index in [0.29, 0.717) is 13.1 Å². The number of carbonyl (C=O) groups is 1. The summed E-state index contributed by atoms with van der Waals surface area (Å²) in [7, 11) is -8.03. The van der Waals surface area contributed by atoms with Crippen LogP contribution in [0.15, 0.2) is 52.6 Å². The van der Waals surface area contributed by atoms with Crippen LogP contribution >= 0.6 is 0 Å². The first-order chi connectivity index (χ1) is 12.3. The molecule has 2 aromatic rings. The molecule has 0 bridgehead atoms. The van der Waals surface area contributed by atoms with Crippen LogP contribution < -0.4 is 4.72 Å². The quantitative estimate of drug-likeness (QED) is 0.774. The minimum absolute atomic E-state index is 0.130. The molecule has 11 heteroatoms. The van der Waals surface area contributed by atoms with Crippen molar-refractivity contribution in [3.05, 3.63) is 48.5 Å². The largest absolute Gasteiger partial charge is 0.285 e. The molecule has 26 heavy (non-hydrogen) atoms. The number of aromatic nitrogens is 2. The fourth-order valence-corrected chi connectivity index (χ4v) is 5.17. The molecule has 0 atom stereocenters. The summed E-state index contributed by atoms with van der Waals surface area (Å²) in [5.41, 5.74) is -0.170. The van der Waals surface area contributed by atoms with Gasteiger partial charge in [-0.25, -0.2) is 26.5 Å². The Morgan fingerprint density at radius 3 is 2.38 bits per heavy atom. The molecule has 1 aliphatic heterocycles. The zero-order chi connectivity index (χ0) is 18.8. The minimum atomic E-state index is -4.26. The lowest BCUT2D eigenvalue weighted by atomic mass is 10.4. The molecule has 2 heterocycles. The lowest BCUT2D eigenvalue weighted by Crippen LogP contribution is -2.32. The molecule has 9 nitrogen and oxygen atoms in total. The third-order valence-electron chi connectivity index (χ3n) is 3.84. The van der Waals surface area contributed by atoms with Crippen molar-refractivity contribution >= 4 is 26.0 Å². The van der Waals surface area contributed by atoms with Gasteiger partial charge in [0.25, 0.3) is 15.9 Å². The number of nitrogens with one attached hydrogen (secondary N) is 1. The molecule has 0 radical (unpaired) electrons. The highest BCUT2D eigenvalue weighted by molar-refractivity contribution is 7.90. The zero-order valence-electron chi connectivity index (χ0n) is 13.6. The van der Waals surface area contributed by atoms with E-state index in [-0.39, 0.29) is 15.5 Å². The summed E-state index contributed by atoms with van der Waals surface area (Å²) in [6.45, 7) is 0.811.